The largest absolute Gasteiger partial charge is 0.380 e. The number of rotatable bonds is 7. The molecule has 0 amide bonds. The number of nitrogens with one attached hydrogen (secondary N) is 1. The summed E-state index contributed by atoms with van der Waals surface area (Å²) in [5, 5.41) is 4.48. The smallest absolute Gasteiger partial charge is 0.205 e. The number of hydrogen-bond acceptors (Lipinski definition) is 6. The van der Waals surface area contributed by atoms with E-state index < -0.39 is 0 Å². The minimum Gasteiger partial charge on any atom is -0.380 e. The van der Waals surface area contributed by atoms with Gasteiger partial charge in [0.25, 0.3) is 0 Å². The first-order valence-corrected chi connectivity index (χ1v) is 10.7. The summed E-state index contributed by atoms with van der Waals surface area (Å²) in [6, 6.07) is 8.33. The number of nitrogens with zero attached hydrogens (tertiary/aromatic N) is 5. The molecule has 160 valence electrons. The molecule has 0 bridgehead atoms. The third-order valence-electron chi connectivity index (χ3n) is 4.78. The lowest BCUT2D eigenvalue weighted by atomic mass is 10.1. The van der Waals surface area contributed by atoms with Crippen molar-refractivity contribution in [1.82, 2.24) is 19.6 Å². The van der Waals surface area contributed by atoms with E-state index in [1.807, 2.05) is 6.07 Å². The van der Waals surface area contributed by atoms with Gasteiger partial charge in [0, 0.05) is 57.8 Å². The number of aryl methyl sites for hydroxylation is 1. The van der Waals surface area contributed by atoms with Crippen molar-refractivity contribution in [2.45, 2.75) is 33.4 Å². The maximum atomic E-state index is 5.31. The van der Waals surface area contributed by atoms with Gasteiger partial charge in [0.1, 0.15) is 5.82 Å². The van der Waals surface area contributed by atoms with Gasteiger partial charge in [0.2, 0.25) is 5.13 Å². The molecule has 29 heavy (non-hydrogen) atoms. The number of guanidine groups is 1. The molecule has 1 N–H and O–H groups in total. The molecular weight excluding hydrogens is 499 g/mol. The number of ether oxygens (including phenoxy) is 1. The first-order chi connectivity index (χ1) is 13.7. The zero-order chi connectivity index (χ0) is 19.8. The van der Waals surface area contributed by atoms with Crippen LogP contribution in [0, 0.1) is 0 Å². The Labute approximate surface area is 194 Å². The summed E-state index contributed by atoms with van der Waals surface area (Å²) >= 11 is 1.50. The van der Waals surface area contributed by atoms with Crippen molar-refractivity contribution in [3.05, 3.63) is 41.2 Å². The normalized spacial score (nSPS) is 14.7. The van der Waals surface area contributed by atoms with Gasteiger partial charge >= 0.3 is 0 Å². The predicted octanol–water partition coefficient (Wildman–Crippen LogP) is 3.15. The second-order valence-electron chi connectivity index (χ2n) is 6.69. The molecule has 1 aliphatic heterocycles. The number of methoxy groups -OCH3 is 1. The Kier molecular flexibility index (Phi) is 10.1. The van der Waals surface area contributed by atoms with E-state index in [0.717, 1.165) is 56.1 Å². The third-order valence-corrected chi connectivity index (χ3v) is 5.59. The molecule has 9 heteroatoms. The number of piperazine rings is 1. The van der Waals surface area contributed by atoms with E-state index in [1.54, 1.807) is 7.11 Å². The minimum absolute atomic E-state index is 0. The van der Waals surface area contributed by atoms with Crippen LogP contribution in [0.2, 0.25) is 0 Å². The fourth-order valence-electron chi connectivity index (χ4n) is 3.22. The Hall–Kier alpha value is -1.46. The molecule has 0 atom stereocenters. The van der Waals surface area contributed by atoms with Crippen molar-refractivity contribution in [1.29, 1.82) is 0 Å². The summed E-state index contributed by atoms with van der Waals surface area (Å²) in [5.41, 5.74) is 2.40. The summed E-state index contributed by atoms with van der Waals surface area (Å²) in [4.78, 5) is 14.2. The maximum Gasteiger partial charge on any atom is 0.205 e. The summed E-state index contributed by atoms with van der Waals surface area (Å²) in [6.07, 6.45) is 0.887. The van der Waals surface area contributed by atoms with Gasteiger partial charge in [-0.3, -0.25) is 0 Å². The predicted molar refractivity (Wildman–Crippen MR) is 130 cm³/mol. The van der Waals surface area contributed by atoms with Crippen LogP contribution in [0.1, 0.15) is 30.8 Å². The van der Waals surface area contributed by atoms with Gasteiger partial charge in [-0.2, -0.15) is 4.37 Å². The average Bonchev–Trinajstić information content (AvgIpc) is 3.22. The fraction of sp³-hybridized carbons (Fsp3) is 0.550. The third kappa shape index (κ3) is 6.51. The number of anilines is 1. The van der Waals surface area contributed by atoms with Crippen LogP contribution < -0.4 is 10.2 Å². The number of hydrogen-bond donors (Lipinski definition) is 1. The monoisotopic (exact) mass is 530 g/mol. The molecule has 2 heterocycles. The Morgan fingerprint density at radius 3 is 2.52 bits per heavy atom. The van der Waals surface area contributed by atoms with Crippen LogP contribution in [0.15, 0.2) is 29.3 Å². The van der Waals surface area contributed by atoms with E-state index >= 15 is 0 Å². The van der Waals surface area contributed by atoms with E-state index in [4.69, 9.17) is 9.73 Å². The molecule has 0 radical (unpaired) electrons. The van der Waals surface area contributed by atoms with Gasteiger partial charge in [-0.05, 0) is 18.1 Å². The van der Waals surface area contributed by atoms with Crippen LogP contribution in [0.4, 0.5) is 5.13 Å². The Balaban J connectivity index is 0.00000300. The summed E-state index contributed by atoms with van der Waals surface area (Å²) in [7, 11) is 1.73. The first-order valence-electron chi connectivity index (χ1n) is 9.91. The molecule has 1 aromatic carbocycles. The summed E-state index contributed by atoms with van der Waals surface area (Å²) < 4.78 is 9.72. The van der Waals surface area contributed by atoms with E-state index in [9.17, 15) is 0 Å². The molecule has 0 saturated carbocycles. The Morgan fingerprint density at radius 2 is 1.90 bits per heavy atom. The molecule has 7 nitrogen and oxygen atoms in total. The molecule has 0 spiro atoms. The molecule has 0 aliphatic carbocycles. The highest BCUT2D eigenvalue weighted by molar-refractivity contribution is 14.0. The van der Waals surface area contributed by atoms with Crippen molar-refractivity contribution < 1.29 is 4.74 Å². The van der Waals surface area contributed by atoms with E-state index in [-0.39, 0.29) is 24.0 Å². The van der Waals surface area contributed by atoms with Crippen LogP contribution in [0.25, 0.3) is 0 Å². The Morgan fingerprint density at radius 1 is 1.17 bits per heavy atom. The summed E-state index contributed by atoms with van der Waals surface area (Å²) in [5.74, 6) is 1.91. The quantitative estimate of drug-likeness (QED) is 0.337. The topological polar surface area (TPSA) is 65.9 Å². The number of aromatic nitrogens is 2. The number of benzene rings is 1. The van der Waals surface area contributed by atoms with E-state index in [2.05, 4.69) is 56.5 Å². The van der Waals surface area contributed by atoms with Crippen LogP contribution in [0.3, 0.4) is 0 Å². The van der Waals surface area contributed by atoms with Crippen LogP contribution in [0.5, 0.6) is 0 Å². The highest BCUT2D eigenvalue weighted by Crippen LogP contribution is 2.19. The first kappa shape index (κ1) is 23.8. The van der Waals surface area contributed by atoms with Crippen LogP contribution in [-0.2, 0) is 24.3 Å². The molecule has 1 aromatic heterocycles. The number of aliphatic imine (C=N–C) groups is 1. The molecule has 1 saturated heterocycles. The second kappa shape index (κ2) is 12.3. The highest BCUT2D eigenvalue weighted by Gasteiger charge is 2.22. The zero-order valence-corrected chi connectivity index (χ0v) is 20.6. The molecule has 1 aliphatic rings. The SMILES string of the molecule is CCNC(=NCc1ccccc1COC)N1CCN(c2nc(CC)ns2)CC1.I. The molecule has 0 unspecified atom stereocenters. The zero-order valence-electron chi connectivity index (χ0n) is 17.4. The average molecular weight is 530 g/mol. The van der Waals surface area contributed by atoms with Crippen molar-refractivity contribution in [3.63, 3.8) is 0 Å². The molecular formula is C20H31IN6OS. The van der Waals surface area contributed by atoms with E-state index in [0.29, 0.717) is 13.2 Å². The molecule has 2 aromatic rings. The van der Waals surface area contributed by atoms with Crippen molar-refractivity contribution in [2.24, 2.45) is 4.99 Å². The van der Waals surface area contributed by atoms with Gasteiger partial charge in [0.05, 0.1) is 13.2 Å². The van der Waals surface area contributed by atoms with Crippen LogP contribution in [-0.4, -0.2) is 60.1 Å². The van der Waals surface area contributed by atoms with Gasteiger partial charge in [-0.25, -0.2) is 9.98 Å². The van der Waals surface area contributed by atoms with E-state index in [1.165, 1.54) is 22.7 Å². The number of halogens is 1. The second-order valence-corrected chi connectivity index (χ2v) is 7.42. The van der Waals surface area contributed by atoms with Crippen molar-refractivity contribution in [3.8, 4) is 0 Å². The highest BCUT2D eigenvalue weighted by atomic mass is 127. The van der Waals surface area contributed by atoms with Crippen molar-refractivity contribution >= 4 is 46.6 Å². The van der Waals surface area contributed by atoms with Gasteiger partial charge < -0.3 is 19.9 Å². The van der Waals surface area contributed by atoms with Crippen molar-refractivity contribution in [2.75, 3.05) is 44.7 Å². The lowest BCUT2D eigenvalue weighted by Gasteiger charge is -2.36. The molecule has 3 rings (SSSR count). The van der Waals surface area contributed by atoms with Gasteiger partial charge in [-0.15, -0.1) is 24.0 Å². The minimum atomic E-state index is 0. The van der Waals surface area contributed by atoms with Gasteiger partial charge in [0.15, 0.2) is 5.96 Å². The van der Waals surface area contributed by atoms with Crippen LogP contribution >= 0.6 is 35.5 Å². The molecule has 1 fully saturated rings. The lowest BCUT2D eigenvalue weighted by molar-refractivity contribution is 0.184. The standard InChI is InChI=1S/C20H30N6OS.HI/c1-4-18-23-20(28-24-18)26-12-10-25(11-13-26)19(21-5-2)22-14-16-8-6-7-9-17(16)15-27-3;/h6-9H,4-5,10-15H2,1-3H3,(H,21,22);1H. The summed E-state index contributed by atoms with van der Waals surface area (Å²) in [6.45, 7) is 10.0. The Bertz CT molecular complexity index is 776. The lowest BCUT2D eigenvalue weighted by Crippen LogP contribution is -2.52. The fourth-order valence-corrected chi connectivity index (χ4v) is 4.02. The van der Waals surface area contributed by atoms with Gasteiger partial charge in [-0.1, -0.05) is 31.2 Å². The maximum absolute atomic E-state index is 5.31.